The molecule has 0 bridgehead atoms. The number of hydrogen-bond acceptors (Lipinski definition) is 6. The average molecular weight is 535 g/mol. The third-order valence-electron chi connectivity index (χ3n) is 7.35. The van der Waals surface area contributed by atoms with Crippen molar-refractivity contribution in [2.45, 2.75) is 32.6 Å². The van der Waals surface area contributed by atoms with Crippen LogP contribution in [0.15, 0.2) is 55.1 Å². The summed E-state index contributed by atoms with van der Waals surface area (Å²) in [6.45, 7) is 9.46. The maximum Gasteiger partial charge on any atom is 0.159 e. The number of nitrogens with zero attached hydrogens (tertiary/aromatic N) is 6. The lowest BCUT2D eigenvalue weighted by Gasteiger charge is -2.14. The van der Waals surface area contributed by atoms with Crippen molar-refractivity contribution in [2.24, 2.45) is 0 Å². The van der Waals surface area contributed by atoms with Crippen molar-refractivity contribution in [3.63, 3.8) is 0 Å². The number of allylic oxidation sites excluding steroid dienone is 2. The SMILES string of the molecule is C=c1[nH]nc(-c2nc3c(-c4cc(F)cc(CCCN5CCCC5)c4)nccc3[nH]2)/c1=C/C(=C\C)c1cnccn1. The third-order valence-corrected chi connectivity index (χ3v) is 7.35. The Morgan fingerprint density at radius 3 is 2.77 bits per heavy atom. The van der Waals surface area contributed by atoms with E-state index in [1.165, 1.54) is 32.0 Å². The molecule has 5 aromatic rings. The average Bonchev–Trinajstić information content (AvgIpc) is 3.72. The van der Waals surface area contributed by atoms with Crippen LogP contribution >= 0.6 is 0 Å². The number of pyridine rings is 1. The van der Waals surface area contributed by atoms with E-state index < -0.39 is 0 Å². The van der Waals surface area contributed by atoms with Gasteiger partial charge >= 0.3 is 0 Å². The molecule has 9 heteroatoms. The Bertz CT molecular complexity index is 1780. The molecule has 1 aliphatic rings. The fourth-order valence-corrected chi connectivity index (χ4v) is 5.33. The van der Waals surface area contributed by atoms with E-state index in [4.69, 9.17) is 4.98 Å². The summed E-state index contributed by atoms with van der Waals surface area (Å²) in [4.78, 5) is 24.0. The predicted octanol–water partition coefficient (Wildman–Crippen LogP) is 4.27. The second-order valence-corrected chi connectivity index (χ2v) is 10.1. The van der Waals surface area contributed by atoms with Crippen molar-refractivity contribution in [3.8, 4) is 22.8 Å². The van der Waals surface area contributed by atoms with Crippen molar-refractivity contribution in [1.82, 2.24) is 40.0 Å². The minimum Gasteiger partial charge on any atom is -0.336 e. The van der Waals surface area contributed by atoms with Crippen LogP contribution in [-0.2, 0) is 6.42 Å². The lowest BCUT2D eigenvalue weighted by molar-refractivity contribution is 0.334. The number of fused-ring (bicyclic) bond motifs is 1. The van der Waals surface area contributed by atoms with E-state index in [0.717, 1.165) is 47.0 Å². The number of hydrogen-bond donors (Lipinski definition) is 2. The van der Waals surface area contributed by atoms with Crippen LogP contribution in [-0.4, -0.2) is 59.7 Å². The summed E-state index contributed by atoms with van der Waals surface area (Å²) < 4.78 is 14.8. The van der Waals surface area contributed by atoms with Gasteiger partial charge in [0.15, 0.2) is 5.82 Å². The fraction of sp³-hybridized carbons (Fsp3) is 0.258. The zero-order valence-corrected chi connectivity index (χ0v) is 22.5. The summed E-state index contributed by atoms with van der Waals surface area (Å²) in [6.07, 6.45) is 15.0. The van der Waals surface area contributed by atoms with Crippen molar-refractivity contribution in [1.29, 1.82) is 0 Å². The Balaban J connectivity index is 1.35. The molecule has 8 nitrogen and oxygen atoms in total. The molecule has 2 N–H and O–H groups in total. The number of nitrogens with one attached hydrogen (secondary N) is 2. The summed E-state index contributed by atoms with van der Waals surface area (Å²) in [7, 11) is 0. The number of aromatic amines is 2. The molecule has 1 fully saturated rings. The van der Waals surface area contributed by atoms with Crippen LogP contribution in [0.3, 0.4) is 0 Å². The normalized spacial score (nSPS) is 14.9. The van der Waals surface area contributed by atoms with Gasteiger partial charge in [0.2, 0.25) is 0 Å². The topological polar surface area (TPSA) is 99.3 Å². The molecule has 1 aliphatic heterocycles. The molecule has 4 aromatic heterocycles. The van der Waals surface area contributed by atoms with E-state index >= 15 is 0 Å². The van der Waals surface area contributed by atoms with E-state index in [9.17, 15) is 4.39 Å². The minimum atomic E-state index is -0.267. The highest BCUT2D eigenvalue weighted by Gasteiger charge is 2.16. The molecule has 1 aromatic carbocycles. The smallest absolute Gasteiger partial charge is 0.159 e. The van der Waals surface area contributed by atoms with Gasteiger partial charge in [-0.15, -0.1) is 0 Å². The Labute approximate surface area is 231 Å². The highest BCUT2D eigenvalue weighted by atomic mass is 19.1. The molecule has 0 amide bonds. The highest BCUT2D eigenvalue weighted by molar-refractivity contribution is 5.92. The first-order chi connectivity index (χ1) is 19.6. The van der Waals surface area contributed by atoms with Crippen molar-refractivity contribution in [3.05, 3.63) is 82.8 Å². The quantitative estimate of drug-likeness (QED) is 0.309. The van der Waals surface area contributed by atoms with Gasteiger partial charge in [0.25, 0.3) is 0 Å². The van der Waals surface area contributed by atoms with Gasteiger partial charge in [0.05, 0.1) is 28.5 Å². The Morgan fingerprint density at radius 1 is 1.10 bits per heavy atom. The molecule has 0 saturated carbocycles. The lowest BCUT2D eigenvalue weighted by atomic mass is 10.0. The standard InChI is InChI=1S/C31H31FN8/c1-3-22(27-19-33-10-11-34-27)18-25-20(2)38-39-29(25)31-36-26-8-9-35-28(30(26)37-31)23-15-21(16-24(32)17-23)7-6-14-40-12-4-5-13-40/h3,8-11,15-19,38H,2,4-7,12-14H2,1H3,(H,36,37)/b22-3+,25-18+. The third kappa shape index (κ3) is 5.33. The second-order valence-electron chi connectivity index (χ2n) is 10.1. The monoisotopic (exact) mass is 534 g/mol. The zero-order chi connectivity index (χ0) is 27.5. The summed E-state index contributed by atoms with van der Waals surface area (Å²) in [6, 6.07) is 7.05. The number of rotatable bonds is 8. The zero-order valence-electron chi connectivity index (χ0n) is 22.5. The Hall–Kier alpha value is -4.50. The molecular weight excluding hydrogens is 503 g/mol. The number of imidazole rings is 1. The van der Waals surface area contributed by atoms with Crippen molar-refractivity contribution < 1.29 is 4.39 Å². The minimum absolute atomic E-state index is 0.267. The maximum atomic E-state index is 14.8. The molecule has 6 rings (SSSR count). The van der Waals surface area contributed by atoms with Crippen LogP contribution in [0.5, 0.6) is 0 Å². The molecule has 1 saturated heterocycles. The van der Waals surface area contributed by atoms with Gasteiger partial charge in [0.1, 0.15) is 17.0 Å². The van der Waals surface area contributed by atoms with E-state index in [2.05, 4.69) is 41.6 Å². The molecule has 40 heavy (non-hydrogen) atoms. The molecule has 5 heterocycles. The molecule has 0 radical (unpaired) electrons. The first-order valence-electron chi connectivity index (χ1n) is 13.6. The molecule has 0 aliphatic carbocycles. The number of H-pyrrole nitrogens is 2. The van der Waals surface area contributed by atoms with E-state index in [0.29, 0.717) is 33.6 Å². The van der Waals surface area contributed by atoms with Gasteiger partial charge in [0, 0.05) is 29.4 Å². The summed E-state index contributed by atoms with van der Waals surface area (Å²) >= 11 is 0. The molecular formula is C31H31FN8. The fourth-order valence-electron chi connectivity index (χ4n) is 5.33. The number of benzene rings is 1. The molecule has 202 valence electrons. The highest BCUT2D eigenvalue weighted by Crippen LogP contribution is 2.28. The number of aryl methyl sites for hydroxylation is 1. The molecule has 0 unspecified atom stereocenters. The number of aromatic nitrogens is 7. The van der Waals surface area contributed by atoms with Crippen molar-refractivity contribution in [2.75, 3.05) is 19.6 Å². The molecule has 0 spiro atoms. The lowest BCUT2D eigenvalue weighted by Crippen LogP contribution is -2.22. The van der Waals surface area contributed by atoms with Crippen LogP contribution in [0.25, 0.3) is 52.0 Å². The van der Waals surface area contributed by atoms with Crippen LogP contribution < -0.4 is 10.6 Å². The van der Waals surface area contributed by atoms with E-state index in [1.54, 1.807) is 30.9 Å². The molecule has 0 atom stereocenters. The van der Waals surface area contributed by atoms with Gasteiger partial charge in [-0.05, 0) is 93.7 Å². The Morgan fingerprint density at radius 2 is 1.98 bits per heavy atom. The van der Waals surface area contributed by atoms with Gasteiger partial charge in [-0.25, -0.2) is 9.37 Å². The first kappa shape index (κ1) is 25.8. The van der Waals surface area contributed by atoms with Gasteiger partial charge in [-0.3, -0.25) is 20.1 Å². The van der Waals surface area contributed by atoms with Gasteiger partial charge < -0.3 is 9.88 Å². The van der Waals surface area contributed by atoms with Gasteiger partial charge in [-0.1, -0.05) is 12.7 Å². The van der Waals surface area contributed by atoms with Crippen LogP contribution in [0.1, 0.15) is 37.4 Å². The second kappa shape index (κ2) is 11.3. The summed E-state index contributed by atoms with van der Waals surface area (Å²) in [5, 5.41) is 8.92. The first-order valence-corrected chi connectivity index (χ1v) is 13.6. The summed E-state index contributed by atoms with van der Waals surface area (Å²) in [5.74, 6) is 0.301. The summed E-state index contributed by atoms with van der Waals surface area (Å²) in [5.41, 5.74) is 6.02. The van der Waals surface area contributed by atoms with Crippen LogP contribution in [0.4, 0.5) is 4.39 Å². The largest absolute Gasteiger partial charge is 0.336 e. The number of likely N-dealkylation sites (tertiary alicyclic amines) is 1. The van der Waals surface area contributed by atoms with Gasteiger partial charge in [-0.2, -0.15) is 5.10 Å². The van der Waals surface area contributed by atoms with Crippen molar-refractivity contribution >= 4 is 29.3 Å². The maximum absolute atomic E-state index is 14.8. The van der Waals surface area contributed by atoms with Crippen LogP contribution in [0, 0.1) is 5.82 Å². The Kier molecular flexibility index (Phi) is 7.29. The van der Waals surface area contributed by atoms with Crippen LogP contribution in [0.2, 0.25) is 0 Å². The number of halogens is 1. The van der Waals surface area contributed by atoms with E-state index in [1.807, 2.05) is 31.2 Å². The van der Waals surface area contributed by atoms with E-state index in [-0.39, 0.29) is 5.82 Å². The predicted molar refractivity (Wildman–Crippen MR) is 156 cm³/mol.